The Kier molecular flexibility index (Phi) is 16.0. The third kappa shape index (κ3) is 12.5. The number of carbonyl (C=O) groups is 2. The molecule has 0 bridgehead atoms. The van der Waals surface area contributed by atoms with Crippen LogP contribution >= 0.6 is 23.2 Å². The van der Waals surface area contributed by atoms with Crippen LogP contribution in [-0.2, 0) is 47.0 Å². The van der Waals surface area contributed by atoms with Gasteiger partial charge in [-0.25, -0.2) is 26.9 Å². The number of carboxylic acids is 2. The number of aromatic amines is 1. The van der Waals surface area contributed by atoms with E-state index in [0.717, 1.165) is 37.6 Å². The van der Waals surface area contributed by atoms with Crippen LogP contribution in [-0.4, -0.2) is 92.0 Å². The van der Waals surface area contributed by atoms with Crippen molar-refractivity contribution in [1.82, 2.24) is 29.1 Å². The fourth-order valence-corrected chi connectivity index (χ4v) is 8.87. The number of aromatic nitrogens is 6. The molecule has 0 fully saturated rings. The van der Waals surface area contributed by atoms with Crippen molar-refractivity contribution in [3.63, 3.8) is 0 Å². The standard InChI is InChI=1S/C27H30ClF2N3O5Si.C21H16ClF2N3O4/c1-39(2,3)9-8-37-16-32-18(10-17-11-21(28)24(13-23(17)32)38-15-25(29)30)12-22-19-6-4-5-7-20(19)27(36)33(31-22)14-26(34)35;22-15-6-11-5-12(25-16(11)8-18(15)31-10-19(23)24)7-17-13-3-1-2-4-14(13)21(30)27(26-17)9-20(28)29/h4-7,10-11,13,25H,8-9,12,14-16H2,1-3H3,(H,34,35);1-6,8,19,25H,7,9-10H2,(H,28,29). The molecule has 0 aliphatic heterocycles. The van der Waals surface area contributed by atoms with Gasteiger partial charge in [0.25, 0.3) is 24.0 Å². The smallest absolute Gasteiger partial charge is 0.325 e. The van der Waals surface area contributed by atoms with Crippen molar-refractivity contribution in [3.8, 4) is 11.5 Å². The first kappa shape index (κ1) is 51.1. The average Bonchev–Trinajstić information content (AvgIpc) is 3.84. The maximum absolute atomic E-state index is 12.8. The van der Waals surface area contributed by atoms with E-state index in [4.69, 9.17) is 42.5 Å². The SMILES string of the molecule is C[Si](C)(C)CCOCn1c(Cc2nn(CC(=O)O)c(=O)c3ccccc23)cc2cc(Cl)c(OCC(F)F)cc21.O=C(O)Cn1nc(Cc2cc3cc(Cl)c(OCC(F)F)cc3[nH]2)c2ccccc2c1=O. The fraction of sp³-hybridized carbons (Fsp3) is 0.292. The first-order chi connectivity index (χ1) is 33.2. The Hall–Kier alpha value is -6.74. The molecule has 0 aliphatic rings. The minimum absolute atomic E-state index is 0.135. The van der Waals surface area contributed by atoms with E-state index in [1.165, 1.54) is 0 Å². The van der Waals surface area contributed by atoms with E-state index in [0.29, 0.717) is 50.6 Å². The summed E-state index contributed by atoms with van der Waals surface area (Å²) in [7, 11) is -1.33. The lowest BCUT2D eigenvalue weighted by molar-refractivity contribution is -0.139. The number of ether oxygens (including phenoxy) is 3. The molecule has 22 heteroatoms. The summed E-state index contributed by atoms with van der Waals surface area (Å²) in [5.41, 5.74) is 2.85. The minimum Gasteiger partial charge on any atom is -0.486 e. The summed E-state index contributed by atoms with van der Waals surface area (Å²) in [4.78, 5) is 51.1. The number of nitrogens with one attached hydrogen (secondary N) is 1. The molecule has 4 aromatic carbocycles. The lowest BCUT2D eigenvalue weighted by Gasteiger charge is -2.17. The van der Waals surface area contributed by atoms with Crippen molar-refractivity contribution in [1.29, 1.82) is 0 Å². The average molecular weight is 1030 g/mol. The quantitative estimate of drug-likeness (QED) is 0.0397. The molecular weight excluding hydrogens is 980 g/mol. The van der Waals surface area contributed by atoms with E-state index >= 15 is 0 Å². The maximum atomic E-state index is 12.8. The molecule has 4 heterocycles. The molecule has 0 spiro atoms. The van der Waals surface area contributed by atoms with Crippen molar-refractivity contribution >= 4 is 86.6 Å². The van der Waals surface area contributed by atoms with E-state index in [1.807, 2.05) is 16.7 Å². The van der Waals surface area contributed by atoms with Gasteiger partial charge in [0.1, 0.15) is 44.5 Å². The number of alkyl halides is 4. The van der Waals surface area contributed by atoms with Gasteiger partial charge in [0.05, 0.1) is 37.7 Å². The molecule has 0 aliphatic carbocycles. The number of hydrogen-bond donors (Lipinski definition) is 3. The van der Waals surface area contributed by atoms with Gasteiger partial charge in [0.2, 0.25) is 0 Å². The van der Waals surface area contributed by atoms with Crippen LogP contribution in [0.1, 0.15) is 22.8 Å². The molecule has 8 rings (SSSR count). The molecule has 15 nitrogen and oxygen atoms in total. The summed E-state index contributed by atoms with van der Waals surface area (Å²) in [6.07, 6.45) is -4.74. The molecule has 0 saturated heterocycles. The number of H-pyrrole nitrogens is 1. The molecule has 0 atom stereocenters. The van der Waals surface area contributed by atoms with Gasteiger partial charge in [-0.2, -0.15) is 10.2 Å². The number of rotatable bonds is 19. The first-order valence-corrected chi connectivity index (χ1v) is 26.1. The van der Waals surface area contributed by atoms with Gasteiger partial charge in [-0.3, -0.25) is 19.2 Å². The Labute approximate surface area is 406 Å². The zero-order valence-corrected chi connectivity index (χ0v) is 40.4. The van der Waals surface area contributed by atoms with Gasteiger partial charge < -0.3 is 34.0 Å². The zero-order valence-electron chi connectivity index (χ0n) is 37.9. The molecule has 8 aromatic rings. The fourth-order valence-electron chi connectivity index (χ4n) is 7.66. The monoisotopic (exact) mass is 1020 g/mol. The topological polar surface area (TPSA) is 193 Å². The second-order valence-corrected chi connectivity index (χ2v) is 23.8. The Balaban J connectivity index is 0.000000212. The predicted octanol–water partition coefficient (Wildman–Crippen LogP) is 9.49. The molecule has 0 unspecified atom stereocenters. The second-order valence-electron chi connectivity index (χ2n) is 17.4. The molecule has 70 heavy (non-hydrogen) atoms. The van der Waals surface area contributed by atoms with Gasteiger partial charge >= 0.3 is 11.9 Å². The maximum Gasteiger partial charge on any atom is 0.325 e. The van der Waals surface area contributed by atoms with E-state index in [2.05, 4.69) is 34.8 Å². The summed E-state index contributed by atoms with van der Waals surface area (Å²) >= 11 is 12.5. The summed E-state index contributed by atoms with van der Waals surface area (Å²) < 4.78 is 70.6. The number of hydrogen-bond acceptors (Lipinski definition) is 9. The molecule has 0 saturated carbocycles. The molecule has 368 valence electrons. The molecular formula is C48H46Cl2F4N6O9Si. The van der Waals surface area contributed by atoms with E-state index < -0.39 is 70.3 Å². The summed E-state index contributed by atoms with van der Waals surface area (Å²) in [5.74, 6) is -2.08. The Morgan fingerprint density at radius 2 is 1.20 bits per heavy atom. The summed E-state index contributed by atoms with van der Waals surface area (Å²) in [5, 5.41) is 30.9. The van der Waals surface area contributed by atoms with Crippen LogP contribution in [0.4, 0.5) is 17.6 Å². The normalized spacial score (nSPS) is 11.8. The minimum atomic E-state index is -2.65. The lowest BCUT2D eigenvalue weighted by Crippen LogP contribution is -2.28. The third-order valence-electron chi connectivity index (χ3n) is 10.9. The number of nitrogens with zero attached hydrogens (tertiary/aromatic N) is 5. The highest BCUT2D eigenvalue weighted by Gasteiger charge is 2.20. The van der Waals surface area contributed by atoms with Crippen LogP contribution in [0, 0.1) is 0 Å². The van der Waals surface area contributed by atoms with Crippen LogP contribution < -0.4 is 20.6 Å². The third-order valence-corrected chi connectivity index (χ3v) is 13.2. The number of halogens is 6. The van der Waals surface area contributed by atoms with Crippen LogP contribution in [0.25, 0.3) is 43.4 Å². The van der Waals surface area contributed by atoms with Gasteiger partial charge in [0, 0.05) is 78.1 Å². The molecule has 4 aromatic heterocycles. The van der Waals surface area contributed by atoms with Crippen molar-refractivity contribution in [3.05, 3.63) is 138 Å². The number of benzene rings is 4. The number of fused-ring (bicyclic) bond motifs is 4. The first-order valence-electron chi connectivity index (χ1n) is 21.7. The summed E-state index contributed by atoms with van der Waals surface area (Å²) in [6.45, 7) is 4.84. The zero-order chi connectivity index (χ0) is 50.4. The van der Waals surface area contributed by atoms with Crippen molar-refractivity contribution in [2.24, 2.45) is 0 Å². The highest BCUT2D eigenvalue weighted by atomic mass is 35.5. The Bertz CT molecular complexity index is 3360. The highest BCUT2D eigenvalue weighted by Crippen LogP contribution is 2.34. The van der Waals surface area contributed by atoms with Crippen LogP contribution in [0.15, 0.2) is 94.5 Å². The van der Waals surface area contributed by atoms with Crippen LogP contribution in [0.5, 0.6) is 11.5 Å². The number of carboxylic acid groups (broad SMARTS) is 2. The van der Waals surface area contributed by atoms with Gasteiger partial charge in [-0.1, -0.05) is 79.2 Å². The second kappa shape index (κ2) is 21.9. The van der Waals surface area contributed by atoms with Crippen molar-refractivity contribution in [2.45, 2.75) is 71.2 Å². The lowest BCUT2D eigenvalue weighted by atomic mass is 10.1. The summed E-state index contributed by atoms with van der Waals surface area (Å²) in [6, 6.07) is 24.8. The highest BCUT2D eigenvalue weighted by molar-refractivity contribution is 6.76. The van der Waals surface area contributed by atoms with E-state index in [1.54, 1.807) is 72.8 Å². The van der Waals surface area contributed by atoms with Gasteiger partial charge in [-0.15, -0.1) is 0 Å². The Morgan fingerprint density at radius 1 is 0.700 bits per heavy atom. The van der Waals surface area contributed by atoms with E-state index in [9.17, 15) is 41.8 Å². The van der Waals surface area contributed by atoms with E-state index in [-0.39, 0.29) is 41.1 Å². The molecule has 0 amide bonds. The number of aliphatic carboxylic acids is 2. The van der Waals surface area contributed by atoms with Gasteiger partial charge in [-0.05, 0) is 42.4 Å². The van der Waals surface area contributed by atoms with Crippen molar-refractivity contribution in [2.75, 3.05) is 19.8 Å². The van der Waals surface area contributed by atoms with Crippen LogP contribution in [0.2, 0.25) is 35.7 Å². The largest absolute Gasteiger partial charge is 0.486 e. The molecule has 3 N–H and O–H groups in total. The van der Waals surface area contributed by atoms with Crippen molar-refractivity contribution < 1.29 is 51.6 Å². The predicted molar refractivity (Wildman–Crippen MR) is 260 cm³/mol. The van der Waals surface area contributed by atoms with Crippen LogP contribution in [0.3, 0.4) is 0 Å². The van der Waals surface area contributed by atoms with Gasteiger partial charge in [0.15, 0.2) is 0 Å². The molecule has 0 radical (unpaired) electrons. The Morgan fingerprint density at radius 3 is 1.71 bits per heavy atom.